The summed E-state index contributed by atoms with van der Waals surface area (Å²) in [5, 5.41) is 0. The molecule has 0 amide bonds. The van der Waals surface area contributed by atoms with Gasteiger partial charge < -0.3 is 14.2 Å². The molecule has 1 rings (SSSR count). The van der Waals surface area contributed by atoms with Crippen molar-refractivity contribution in [3.63, 3.8) is 0 Å². The SMILES string of the molecule is CB1N(C)B(C)N(C)B(Cl)N1C. The fourth-order valence-electron chi connectivity index (χ4n) is 1.53. The van der Waals surface area contributed by atoms with Gasteiger partial charge in [0, 0.05) is 0 Å². The van der Waals surface area contributed by atoms with Crippen LogP contribution >= 0.6 is 11.5 Å². The van der Waals surface area contributed by atoms with Crippen molar-refractivity contribution in [2.24, 2.45) is 0 Å². The van der Waals surface area contributed by atoms with E-state index in [9.17, 15) is 0 Å². The van der Waals surface area contributed by atoms with Crippen LogP contribution in [0.4, 0.5) is 0 Å². The quantitative estimate of drug-likeness (QED) is 0.501. The van der Waals surface area contributed by atoms with Gasteiger partial charge in [0.05, 0.1) is 0 Å². The molecule has 0 unspecified atom stereocenters. The average molecular weight is 185 g/mol. The molecular formula is C5H15B3ClN3. The van der Waals surface area contributed by atoms with E-state index in [2.05, 4.69) is 34.9 Å². The van der Waals surface area contributed by atoms with Crippen LogP contribution in [-0.4, -0.2) is 55.7 Å². The van der Waals surface area contributed by atoms with Crippen LogP contribution in [-0.2, 0) is 0 Å². The predicted octanol–water partition coefficient (Wildman–Crippen LogP) is 0.255. The van der Waals surface area contributed by atoms with Gasteiger partial charge in [0.15, 0.2) is 0 Å². The van der Waals surface area contributed by atoms with Crippen molar-refractivity contribution < 1.29 is 0 Å². The first-order chi connectivity index (χ1) is 5.46. The van der Waals surface area contributed by atoms with E-state index >= 15 is 0 Å². The maximum Gasteiger partial charge on any atom is 0.398 e. The predicted molar refractivity (Wildman–Crippen MR) is 58.1 cm³/mol. The molecule has 0 atom stereocenters. The third-order valence-corrected chi connectivity index (χ3v) is 3.65. The molecule has 1 aliphatic rings. The molecule has 1 saturated heterocycles. The second kappa shape index (κ2) is 3.62. The topological polar surface area (TPSA) is 9.72 Å². The van der Waals surface area contributed by atoms with Gasteiger partial charge in [0.2, 0.25) is 0 Å². The molecule has 0 bridgehead atoms. The van der Waals surface area contributed by atoms with E-state index in [0.717, 1.165) is 0 Å². The maximum absolute atomic E-state index is 6.20. The summed E-state index contributed by atoms with van der Waals surface area (Å²) >= 11 is 6.20. The zero-order valence-corrected chi connectivity index (χ0v) is 9.21. The first-order valence-electron chi connectivity index (χ1n) is 4.26. The van der Waals surface area contributed by atoms with Gasteiger partial charge >= 0.3 is 6.40 Å². The molecule has 1 fully saturated rings. The molecule has 0 aromatic rings. The van der Waals surface area contributed by atoms with Gasteiger partial charge in [0.1, 0.15) is 0 Å². The van der Waals surface area contributed by atoms with E-state index in [1.54, 1.807) is 0 Å². The Morgan fingerprint density at radius 1 is 0.833 bits per heavy atom. The maximum atomic E-state index is 6.20. The molecule has 0 aromatic heterocycles. The van der Waals surface area contributed by atoms with Gasteiger partial charge in [-0.05, 0) is 21.1 Å². The van der Waals surface area contributed by atoms with Gasteiger partial charge in [-0.25, -0.2) is 0 Å². The Kier molecular flexibility index (Phi) is 3.15. The summed E-state index contributed by atoms with van der Waals surface area (Å²) in [4.78, 5) is 0. The van der Waals surface area contributed by atoms with Crippen molar-refractivity contribution in [1.82, 2.24) is 14.2 Å². The molecule has 0 aliphatic carbocycles. The minimum absolute atomic E-state index is 0.00574. The number of hydrogen-bond acceptors (Lipinski definition) is 3. The van der Waals surface area contributed by atoms with Crippen molar-refractivity contribution >= 4 is 31.8 Å². The highest BCUT2D eigenvalue weighted by Crippen LogP contribution is 2.16. The van der Waals surface area contributed by atoms with Crippen molar-refractivity contribution in [2.45, 2.75) is 13.6 Å². The Morgan fingerprint density at radius 3 is 1.50 bits per heavy atom. The number of rotatable bonds is 0. The summed E-state index contributed by atoms with van der Waals surface area (Å²) in [5.41, 5.74) is 0. The molecule has 0 spiro atoms. The minimum Gasteiger partial charge on any atom is -0.360 e. The van der Waals surface area contributed by atoms with Gasteiger partial charge in [-0.1, -0.05) is 13.6 Å². The van der Waals surface area contributed by atoms with E-state index in [-0.39, 0.29) is 6.40 Å². The lowest BCUT2D eigenvalue weighted by molar-refractivity contribution is 0.555. The summed E-state index contributed by atoms with van der Waals surface area (Å²) in [6.07, 6.45) is 0.00574. The minimum atomic E-state index is 0.00574. The van der Waals surface area contributed by atoms with Crippen LogP contribution in [0.15, 0.2) is 0 Å². The second-order valence-corrected chi connectivity index (χ2v) is 3.96. The van der Waals surface area contributed by atoms with Gasteiger partial charge in [-0.15, -0.1) is 0 Å². The zero-order valence-electron chi connectivity index (χ0n) is 8.45. The van der Waals surface area contributed by atoms with Crippen molar-refractivity contribution in [3.8, 4) is 0 Å². The summed E-state index contributed by atoms with van der Waals surface area (Å²) in [5.74, 6) is 0. The molecule has 1 heterocycles. The van der Waals surface area contributed by atoms with Crippen LogP contribution < -0.4 is 0 Å². The van der Waals surface area contributed by atoms with E-state index < -0.39 is 0 Å². The molecule has 12 heavy (non-hydrogen) atoms. The number of halogens is 1. The lowest BCUT2D eigenvalue weighted by atomic mass is 9.52. The summed E-state index contributed by atoms with van der Waals surface area (Å²) < 4.78 is 6.57. The zero-order chi connectivity index (χ0) is 9.46. The third-order valence-electron chi connectivity index (χ3n) is 3.03. The molecule has 66 valence electrons. The molecule has 0 radical (unpaired) electrons. The molecular weight excluding hydrogens is 170 g/mol. The highest BCUT2D eigenvalue weighted by atomic mass is 35.5. The Balaban J connectivity index is 2.76. The first kappa shape index (κ1) is 10.4. The van der Waals surface area contributed by atoms with Crippen LogP contribution in [0.25, 0.3) is 0 Å². The lowest BCUT2D eigenvalue weighted by Crippen LogP contribution is -2.71. The van der Waals surface area contributed by atoms with Crippen LogP contribution in [0.5, 0.6) is 0 Å². The molecule has 1 aliphatic heterocycles. The van der Waals surface area contributed by atoms with E-state index in [0.29, 0.717) is 14.0 Å². The Bertz CT molecular complexity index is 113. The van der Waals surface area contributed by atoms with Crippen LogP contribution in [0.3, 0.4) is 0 Å². The summed E-state index contributed by atoms with van der Waals surface area (Å²) in [6.45, 7) is 5.13. The van der Waals surface area contributed by atoms with E-state index in [1.807, 2.05) is 14.1 Å². The van der Waals surface area contributed by atoms with Crippen LogP contribution in [0.2, 0.25) is 13.6 Å². The van der Waals surface area contributed by atoms with Crippen LogP contribution in [0, 0.1) is 0 Å². The molecule has 0 N–H and O–H groups in total. The van der Waals surface area contributed by atoms with Crippen LogP contribution in [0.1, 0.15) is 0 Å². The lowest BCUT2D eigenvalue weighted by Gasteiger charge is -2.46. The smallest absolute Gasteiger partial charge is 0.360 e. The van der Waals surface area contributed by atoms with Gasteiger partial charge in [-0.2, -0.15) is 11.5 Å². The molecule has 0 aromatic carbocycles. The third kappa shape index (κ3) is 1.53. The van der Waals surface area contributed by atoms with Crippen molar-refractivity contribution in [1.29, 1.82) is 0 Å². The van der Waals surface area contributed by atoms with Crippen molar-refractivity contribution in [3.05, 3.63) is 0 Å². The largest absolute Gasteiger partial charge is 0.398 e. The molecule has 3 nitrogen and oxygen atoms in total. The monoisotopic (exact) mass is 185 g/mol. The van der Waals surface area contributed by atoms with Crippen molar-refractivity contribution in [2.75, 3.05) is 21.1 Å². The summed E-state index contributed by atoms with van der Waals surface area (Å²) in [7, 11) is 6.20. The van der Waals surface area contributed by atoms with Gasteiger partial charge in [-0.3, -0.25) is 0 Å². The molecule has 0 saturated carbocycles. The normalized spacial score (nSPS) is 24.0. The fourth-order valence-corrected chi connectivity index (χ4v) is 1.86. The fraction of sp³-hybridized carbons (Fsp3) is 1.00. The number of hydrogen-bond donors (Lipinski definition) is 0. The second-order valence-electron chi connectivity index (χ2n) is 3.57. The Labute approximate surface area is 81.3 Å². The number of nitrogens with zero attached hydrogens (tertiary/aromatic N) is 3. The van der Waals surface area contributed by atoms with E-state index in [4.69, 9.17) is 11.5 Å². The molecule has 7 heteroatoms. The highest BCUT2D eigenvalue weighted by Gasteiger charge is 2.43. The highest BCUT2D eigenvalue weighted by molar-refractivity contribution is 7.11. The Hall–Kier alpha value is 0.365. The van der Waals surface area contributed by atoms with Gasteiger partial charge in [0.25, 0.3) is 14.0 Å². The summed E-state index contributed by atoms with van der Waals surface area (Å²) in [6, 6.07) is 0. The standard InChI is InChI=1S/C5H15B3ClN3/c1-6-10(3)7(2)12(5)8(9)11(6)4/h1-5H3. The first-order valence-corrected chi connectivity index (χ1v) is 4.70. The Morgan fingerprint density at radius 2 is 1.17 bits per heavy atom. The average Bonchev–Trinajstić information content (AvgIpc) is 2.08. The van der Waals surface area contributed by atoms with E-state index in [1.165, 1.54) is 0 Å².